The highest BCUT2D eigenvalue weighted by atomic mass is 32.1. The van der Waals surface area contributed by atoms with Gasteiger partial charge >= 0.3 is 0 Å². The monoisotopic (exact) mass is 266 g/mol. The van der Waals surface area contributed by atoms with Crippen molar-refractivity contribution in [1.29, 1.82) is 0 Å². The Bertz CT molecular complexity index is 349. The molecular formula is C15H26N2S. The first kappa shape index (κ1) is 14.0. The Balaban J connectivity index is 2.13. The molecule has 0 spiro atoms. The largest absolute Gasteiger partial charge is 0.317 e. The Kier molecular flexibility index (Phi) is 4.82. The standard InChI is InChI=1S/C15H26N2S/c1-5-14(15-7-6-10-18-15)17-9-8-13(16-4)11(2)12(17)3/h6-7,10-14,16H,5,8-9H2,1-4H3. The molecule has 0 bridgehead atoms. The smallest absolute Gasteiger partial charge is 0.0441 e. The number of nitrogens with one attached hydrogen (secondary N) is 1. The summed E-state index contributed by atoms with van der Waals surface area (Å²) in [6.45, 7) is 8.31. The maximum Gasteiger partial charge on any atom is 0.0441 e. The lowest BCUT2D eigenvalue weighted by molar-refractivity contribution is 0.0475. The van der Waals surface area contributed by atoms with Gasteiger partial charge in [0, 0.05) is 29.5 Å². The molecule has 0 saturated carbocycles. The molecule has 1 N–H and O–H groups in total. The Hall–Kier alpha value is -0.380. The molecule has 0 aromatic carbocycles. The minimum absolute atomic E-state index is 0.611. The molecule has 2 rings (SSSR count). The van der Waals surface area contributed by atoms with Gasteiger partial charge in [0.05, 0.1) is 0 Å². The van der Waals surface area contributed by atoms with E-state index in [0.717, 1.165) is 5.92 Å². The van der Waals surface area contributed by atoms with Gasteiger partial charge in [0.2, 0.25) is 0 Å². The minimum atomic E-state index is 0.611. The van der Waals surface area contributed by atoms with Gasteiger partial charge in [0.1, 0.15) is 0 Å². The number of likely N-dealkylation sites (tertiary alicyclic amines) is 1. The van der Waals surface area contributed by atoms with Crippen molar-refractivity contribution < 1.29 is 0 Å². The summed E-state index contributed by atoms with van der Waals surface area (Å²) in [7, 11) is 2.10. The lowest BCUT2D eigenvalue weighted by Crippen LogP contribution is -2.53. The van der Waals surface area contributed by atoms with Gasteiger partial charge in [0.25, 0.3) is 0 Å². The van der Waals surface area contributed by atoms with E-state index >= 15 is 0 Å². The van der Waals surface area contributed by atoms with Crippen LogP contribution in [0.1, 0.15) is 44.5 Å². The van der Waals surface area contributed by atoms with E-state index in [1.54, 1.807) is 0 Å². The summed E-state index contributed by atoms with van der Waals surface area (Å²) in [4.78, 5) is 4.24. The zero-order chi connectivity index (χ0) is 13.1. The predicted octanol–water partition coefficient (Wildman–Crippen LogP) is 3.52. The second kappa shape index (κ2) is 6.18. The first-order valence-corrected chi connectivity index (χ1v) is 8.03. The first-order valence-electron chi connectivity index (χ1n) is 7.15. The molecule has 4 atom stereocenters. The number of rotatable bonds is 4. The molecule has 102 valence electrons. The number of hydrogen-bond donors (Lipinski definition) is 1. The minimum Gasteiger partial charge on any atom is -0.317 e. The summed E-state index contributed by atoms with van der Waals surface area (Å²) in [6, 6.07) is 6.41. The fourth-order valence-corrected chi connectivity index (χ4v) is 4.25. The topological polar surface area (TPSA) is 15.3 Å². The summed E-state index contributed by atoms with van der Waals surface area (Å²) < 4.78 is 0. The highest BCUT2D eigenvalue weighted by Gasteiger charge is 2.35. The van der Waals surface area contributed by atoms with Crippen LogP contribution in [0.25, 0.3) is 0 Å². The third-order valence-electron chi connectivity index (χ3n) is 4.65. The molecule has 0 radical (unpaired) electrons. The molecule has 0 aliphatic carbocycles. The molecule has 0 amide bonds. The van der Waals surface area contributed by atoms with Crippen molar-refractivity contribution in [2.75, 3.05) is 13.6 Å². The second-order valence-corrected chi connectivity index (χ2v) is 6.44. The molecule has 1 aliphatic heterocycles. The van der Waals surface area contributed by atoms with Crippen molar-refractivity contribution in [2.24, 2.45) is 5.92 Å². The van der Waals surface area contributed by atoms with Crippen LogP contribution < -0.4 is 5.32 Å². The normalized spacial score (nSPS) is 31.4. The average molecular weight is 266 g/mol. The molecule has 1 saturated heterocycles. The molecule has 2 heterocycles. The van der Waals surface area contributed by atoms with Gasteiger partial charge in [-0.3, -0.25) is 4.90 Å². The predicted molar refractivity (Wildman–Crippen MR) is 80.1 cm³/mol. The molecule has 1 aromatic rings. The molecule has 1 aromatic heterocycles. The number of nitrogens with zero attached hydrogens (tertiary/aromatic N) is 1. The molecular weight excluding hydrogens is 240 g/mol. The molecule has 18 heavy (non-hydrogen) atoms. The van der Waals surface area contributed by atoms with Crippen LogP contribution in [0, 0.1) is 5.92 Å². The van der Waals surface area contributed by atoms with Crippen LogP contribution in [-0.2, 0) is 0 Å². The number of thiophene rings is 1. The van der Waals surface area contributed by atoms with Crippen LogP contribution in [-0.4, -0.2) is 30.6 Å². The molecule has 3 heteroatoms. The molecule has 1 aliphatic rings. The van der Waals surface area contributed by atoms with E-state index < -0.39 is 0 Å². The highest BCUT2D eigenvalue weighted by molar-refractivity contribution is 7.10. The molecule has 1 fully saturated rings. The summed E-state index contributed by atoms with van der Waals surface area (Å²) in [5.74, 6) is 0.720. The van der Waals surface area contributed by atoms with Crippen molar-refractivity contribution in [3.63, 3.8) is 0 Å². The van der Waals surface area contributed by atoms with E-state index in [9.17, 15) is 0 Å². The quantitative estimate of drug-likeness (QED) is 0.897. The molecule has 4 unspecified atom stereocenters. The Morgan fingerprint density at radius 1 is 1.50 bits per heavy atom. The van der Waals surface area contributed by atoms with Crippen molar-refractivity contribution in [2.45, 2.75) is 51.7 Å². The van der Waals surface area contributed by atoms with Crippen LogP contribution in [0.3, 0.4) is 0 Å². The highest BCUT2D eigenvalue weighted by Crippen LogP contribution is 2.35. The summed E-state index contributed by atoms with van der Waals surface area (Å²) >= 11 is 1.90. The van der Waals surface area contributed by atoms with Crippen LogP contribution in [0.5, 0.6) is 0 Å². The zero-order valence-corrected chi connectivity index (χ0v) is 12.8. The average Bonchev–Trinajstić information content (AvgIpc) is 2.89. The van der Waals surface area contributed by atoms with Gasteiger partial charge in [-0.25, -0.2) is 0 Å². The zero-order valence-electron chi connectivity index (χ0n) is 12.0. The lowest BCUT2D eigenvalue weighted by Gasteiger charge is -2.46. The number of hydrogen-bond acceptors (Lipinski definition) is 3. The van der Waals surface area contributed by atoms with E-state index in [2.05, 4.69) is 55.5 Å². The molecule has 2 nitrogen and oxygen atoms in total. The fourth-order valence-electron chi connectivity index (χ4n) is 3.32. The maximum atomic E-state index is 3.47. The van der Waals surface area contributed by atoms with Crippen molar-refractivity contribution in [3.8, 4) is 0 Å². The SMILES string of the molecule is CCC(c1cccs1)N1CCC(NC)C(C)C1C. The lowest BCUT2D eigenvalue weighted by atomic mass is 9.85. The maximum absolute atomic E-state index is 3.47. The Morgan fingerprint density at radius 3 is 2.83 bits per heavy atom. The Morgan fingerprint density at radius 2 is 2.28 bits per heavy atom. The van der Waals surface area contributed by atoms with E-state index in [0.29, 0.717) is 18.1 Å². The summed E-state index contributed by atoms with van der Waals surface area (Å²) in [5.41, 5.74) is 0. The van der Waals surface area contributed by atoms with Crippen LogP contribution in [0.2, 0.25) is 0 Å². The summed E-state index contributed by atoms with van der Waals surface area (Å²) in [6.07, 6.45) is 2.48. The van der Waals surface area contributed by atoms with E-state index in [4.69, 9.17) is 0 Å². The summed E-state index contributed by atoms with van der Waals surface area (Å²) in [5, 5.41) is 5.67. The third-order valence-corrected chi connectivity index (χ3v) is 5.62. The first-order chi connectivity index (χ1) is 8.69. The van der Waals surface area contributed by atoms with Crippen molar-refractivity contribution in [3.05, 3.63) is 22.4 Å². The second-order valence-electron chi connectivity index (χ2n) is 5.46. The van der Waals surface area contributed by atoms with Crippen LogP contribution >= 0.6 is 11.3 Å². The van der Waals surface area contributed by atoms with Crippen molar-refractivity contribution >= 4 is 11.3 Å². The van der Waals surface area contributed by atoms with Gasteiger partial charge in [-0.2, -0.15) is 0 Å². The van der Waals surface area contributed by atoms with Gasteiger partial charge in [-0.1, -0.05) is 19.9 Å². The van der Waals surface area contributed by atoms with E-state index in [-0.39, 0.29) is 0 Å². The Labute approximate surface area is 115 Å². The van der Waals surface area contributed by atoms with Gasteiger partial charge < -0.3 is 5.32 Å². The van der Waals surface area contributed by atoms with E-state index in [1.165, 1.54) is 24.3 Å². The van der Waals surface area contributed by atoms with Crippen LogP contribution in [0.15, 0.2) is 17.5 Å². The van der Waals surface area contributed by atoms with E-state index in [1.807, 2.05) is 11.3 Å². The van der Waals surface area contributed by atoms with Gasteiger partial charge in [-0.15, -0.1) is 11.3 Å². The van der Waals surface area contributed by atoms with Crippen molar-refractivity contribution in [1.82, 2.24) is 10.2 Å². The van der Waals surface area contributed by atoms with Gasteiger partial charge in [0.15, 0.2) is 0 Å². The fraction of sp³-hybridized carbons (Fsp3) is 0.733. The number of piperidine rings is 1. The van der Waals surface area contributed by atoms with Gasteiger partial charge in [-0.05, 0) is 44.2 Å². The third kappa shape index (κ3) is 2.63. The van der Waals surface area contributed by atoms with Crippen LogP contribution in [0.4, 0.5) is 0 Å².